The van der Waals surface area contributed by atoms with E-state index < -0.39 is 23.6 Å². The van der Waals surface area contributed by atoms with E-state index in [0.29, 0.717) is 68.6 Å². The number of benzene rings is 2. The number of anilines is 1. The van der Waals surface area contributed by atoms with Crippen molar-refractivity contribution < 1.29 is 33.7 Å². The number of aliphatic carboxylic acids is 1. The highest BCUT2D eigenvalue weighted by atomic mass is 35.5. The van der Waals surface area contributed by atoms with Crippen molar-refractivity contribution in [2.45, 2.75) is 76.2 Å². The Bertz CT molecular complexity index is 1750. The van der Waals surface area contributed by atoms with E-state index >= 15 is 4.79 Å². The van der Waals surface area contributed by atoms with Crippen LogP contribution >= 0.6 is 23.2 Å². The number of amides is 1. The number of ketones is 1. The van der Waals surface area contributed by atoms with Gasteiger partial charge >= 0.3 is 5.97 Å². The van der Waals surface area contributed by atoms with Gasteiger partial charge in [0.05, 0.1) is 28.3 Å². The number of nitrogens with zero attached hydrogens (tertiary/aromatic N) is 3. The lowest BCUT2D eigenvalue weighted by atomic mass is 9.87. The van der Waals surface area contributed by atoms with Crippen LogP contribution in [0.3, 0.4) is 0 Å². The van der Waals surface area contributed by atoms with Gasteiger partial charge in [0.2, 0.25) is 11.8 Å². The minimum absolute atomic E-state index is 0.120. The first-order chi connectivity index (χ1) is 23.9. The number of likely N-dealkylation sites (tertiary alicyclic amines) is 2. The van der Waals surface area contributed by atoms with Gasteiger partial charge in [-0.3, -0.25) is 19.3 Å². The van der Waals surface area contributed by atoms with E-state index in [9.17, 15) is 14.7 Å². The fourth-order valence-electron chi connectivity index (χ4n) is 8.09. The fourth-order valence-corrected chi connectivity index (χ4v) is 8.56. The molecule has 1 aromatic heterocycles. The molecule has 1 saturated carbocycles. The summed E-state index contributed by atoms with van der Waals surface area (Å²) in [6, 6.07) is 10.8. The maximum absolute atomic E-state index is 15.1. The van der Waals surface area contributed by atoms with Crippen LogP contribution in [-0.4, -0.2) is 88.9 Å². The topological polar surface area (TPSA) is 123 Å². The molecule has 2 aliphatic heterocycles. The van der Waals surface area contributed by atoms with Crippen molar-refractivity contribution in [1.29, 1.82) is 0 Å². The Morgan fingerprint density at radius 3 is 2.36 bits per heavy atom. The van der Waals surface area contributed by atoms with E-state index in [2.05, 4.69) is 17.1 Å². The van der Waals surface area contributed by atoms with Crippen molar-refractivity contribution in [3.63, 3.8) is 0 Å². The quantitative estimate of drug-likeness (QED) is 0.200. The van der Waals surface area contributed by atoms with Gasteiger partial charge in [0, 0.05) is 75.9 Å². The fraction of sp³-hybridized carbons (Fsp3) is 0.541. The first-order valence-electron chi connectivity index (χ1n) is 17.3. The molecule has 11 nitrogen and oxygen atoms in total. The predicted octanol–water partition coefficient (Wildman–Crippen LogP) is 6.55. The van der Waals surface area contributed by atoms with Crippen LogP contribution in [0, 0.1) is 11.8 Å². The molecule has 3 fully saturated rings. The highest BCUT2D eigenvalue weighted by Gasteiger charge is 2.62. The van der Waals surface area contributed by atoms with E-state index in [-0.39, 0.29) is 40.2 Å². The Balaban J connectivity index is 1.33. The molecule has 2 saturated heterocycles. The zero-order chi connectivity index (χ0) is 35.8. The average Bonchev–Trinajstić information content (AvgIpc) is 3.85. The SMILES string of the molecule is COC1(OC)CC(C)CN1C(OC1CCC(C(=O)O)CC1)(C(=O)Cc1cc(Cl)c(NC(=O)c2cn(C)c3ccccc23)cc1Cl)N1CCCC1. The maximum Gasteiger partial charge on any atom is 0.306 e. The first-order valence-corrected chi connectivity index (χ1v) is 18.1. The maximum atomic E-state index is 15.1. The van der Waals surface area contributed by atoms with Crippen molar-refractivity contribution in [2.24, 2.45) is 18.9 Å². The summed E-state index contributed by atoms with van der Waals surface area (Å²) in [6.45, 7) is 3.81. The number of aromatic nitrogens is 1. The van der Waals surface area contributed by atoms with Gasteiger partial charge in [0.15, 0.2) is 5.78 Å². The summed E-state index contributed by atoms with van der Waals surface area (Å²) in [4.78, 5) is 44.3. The number of halogens is 2. The smallest absolute Gasteiger partial charge is 0.306 e. The Labute approximate surface area is 302 Å². The van der Waals surface area contributed by atoms with Gasteiger partial charge in [-0.2, -0.15) is 0 Å². The van der Waals surface area contributed by atoms with Crippen LogP contribution in [0.2, 0.25) is 10.0 Å². The Morgan fingerprint density at radius 2 is 1.70 bits per heavy atom. The number of carboxylic acid groups (broad SMARTS) is 1. The van der Waals surface area contributed by atoms with E-state index in [0.717, 1.165) is 23.7 Å². The number of nitrogens with one attached hydrogen (secondary N) is 1. The van der Waals surface area contributed by atoms with Gasteiger partial charge in [0.1, 0.15) is 0 Å². The number of para-hydroxylation sites is 1. The summed E-state index contributed by atoms with van der Waals surface area (Å²) >= 11 is 13.7. The lowest BCUT2D eigenvalue weighted by Gasteiger charge is -2.52. The monoisotopic (exact) mass is 728 g/mol. The van der Waals surface area contributed by atoms with Gasteiger partial charge in [-0.15, -0.1) is 0 Å². The molecule has 1 amide bonds. The third-order valence-electron chi connectivity index (χ3n) is 10.6. The molecule has 3 aliphatic rings. The Kier molecular flexibility index (Phi) is 11.0. The number of ether oxygens (including phenoxy) is 3. The molecule has 3 aromatic rings. The normalized spacial score (nSPS) is 24.0. The molecule has 0 spiro atoms. The molecular formula is C37H46Cl2N4O7. The molecular weight excluding hydrogens is 683 g/mol. The molecule has 2 unspecified atom stereocenters. The molecule has 0 radical (unpaired) electrons. The highest BCUT2D eigenvalue weighted by molar-refractivity contribution is 6.36. The summed E-state index contributed by atoms with van der Waals surface area (Å²) in [5, 5.41) is 13.9. The standard InChI is InChI=1S/C37H46Cl2N4O7/c1-23-20-36(48-3,49-4)43(21-23)37(42-15-7-8-16-42,50-26-13-11-24(12-14-26)35(46)47)33(44)18-25-17-30(39)31(19-29(25)38)40-34(45)28-22-41(2)32-10-6-5-9-27(28)32/h5-6,9-10,17,19,22-24,26H,7-8,11-16,18,20-21H2,1-4H3,(H,40,45)(H,46,47). The second-order valence-corrected chi connectivity index (χ2v) is 14.7. The largest absolute Gasteiger partial charge is 0.481 e. The van der Waals surface area contributed by atoms with Crippen LogP contribution in [0.5, 0.6) is 0 Å². The third-order valence-corrected chi connectivity index (χ3v) is 11.3. The van der Waals surface area contributed by atoms with Gasteiger partial charge in [-0.1, -0.05) is 48.3 Å². The molecule has 270 valence electrons. The van der Waals surface area contributed by atoms with Crippen molar-refractivity contribution in [1.82, 2.24) is 14.4 Å². The second-order valence-electron chi connectivity index (χ2n) is 13.9. The number of fused-ring (bicyclic) bond motifs is 1. The first kappa shape index (κ1) is 36.8. The van der Waals surface area contributed by atoms with E-state index in [4.69, 9.17) is 37.4 Å². The summed E-state index contributed by atoms with van der Waals surface area (Å²) < 4.78 is 21.1. The van der Waals surface area contributed by atoms with Gasteiger partial charge in [0.25, 0.3) is 5.91 Å². The van der Waals surface area contributed by atoms with Crippen LogP contribution in [0.4, 0.5) is 5.69 Å². The number of Topliss-reactive ketones (excluding diaryl/α,β-unsaturated/α-hetero) is 1. The number of carbonyl (C=O) groups excluding carboxylic acids is 2. The minimum atomic E-state index is -1.58. The van der Waals surface area contributed by atoms with Crippen LogP contribution in [0.25, 0.3) is 10.9 Å². The molecule has 6 rings (SSSR count). The van der Waals surface area contributed by atoms with Crippen molar-refractivity contribution in [3.8, 4) is 0 Å². The number of carbonyl (C=O) groups is 3. The summed E-state index contributed by atoms with van der Waals surface area (Å²) in [5.74, 6) is -4.51. The summed E-state index contributed by atoms with van der Waals surface area (Å²) in [5.41, 5.74) is 2.24. The lowest BCUT2D eigenvalue weighted by Crippen LogP contribution is -2.72. The van der Waals surface area contributed by atoms with Gasteiger partial charge < -0.3 is 29.2 Å². The number of rotatable bonds is 12. The molecule has 1 aliphatic carbocycles. The molecule has 0 bridgehead atoms. The number of methoxy groups -OCH3 is 2. The average molecular weight is 730 g/mol. The van der Waals surface area contributed by atoms with E-state index in [1.54, 1.807) is 32.5 Å². The van der Waals surface area contributed by atoms with Gasteiger partial charge in [-0.25, -0.2) is 4.90 Å². The summed E-state index contributed by atoms with van der Waals surface area (Å²) in [6.07, 6.45) is 5.54. The second kappa shape index (κ2) is 14.9. The Morgan fingerprint density at radius 1 is 1.02 bits per heavy atom. The van der Waals surface area contributed by atoms with Crippen LogP contribution in [-0.2, 0) is 37.3 Å². The van der Waals surface area contributed by atoms with Gasteiger partial charge in [-0.05, 0) is 68.2 Å². The summed E-state index contributed by atoms with van der Waals surface area (Å²) in [7, 11) is 5.04. The molecule has 50 heavy (non-hydrogen) atoms. The highest BCUT2D eigenvalue weighted by Crippen LogP contribution is 2.46. The Hall–Kier alpha value is -3.03. The zero-order valence-electron chi connectivity index (χ0n) is 29.0. The molecule has 2 atom stereocenters. The molecule has 2 aromatic carbocycles. The molecule has 2 N–H and O–H groups in total. The molecule has 13 heteroatoms. The van der Waals surface area contributed by atoms with Crippen LogP contribution in [0.1, 0.15) is 67.8 Å². The minimum Gasteiger partial charge on any atom is -0.481 e. The lowest BCUT2D eigenvalue weighted by molar-refractivity contribution is -0.364. The zero-order valence-corrected chi connectivity index (χ0v) is 30.6. The van der Waals surface area contributed by atoms with Crippen LogP contribution < -0.4 is 5.32 Å². The number of hydrogen-bond donors (Lipinski definition) is 2. The number of carboxylic acids is 1. The van der Waals surface area contributed by atoms with E-state index in [1.807, 2.05) is 40.8 Å². The van der Waals surface area contributed by atoms with Crippen molar-refractivity contribution >= 4 is 57.5 Å². The van der Waals surface area contributed by atoms with E-state index in [1.165, 1.54) is 0 Å². The number of aryl methyl sites for hydroxylation is 1. The van der Waals surface area contributed by atoms with Crippen LogP contribution in [0.15, 0.2) is 42.6 Å². The van der Waals surface area contributed by atoms with Crippen molar-refractivity contribution in [2.75, 3.05) is 39.2 Å². The predicted molar refractivity (Wildman–Crippen MR) is 191 cm³/mol. The third kappa shape index (κ3) is 6.81. The number of hydrogen-bond acceptors (Lipinski definition) is 8. The molecule has 3 heterocycles. The van der Waals surface area contributed by atoms with Crippen molar-refractivity contribution in [3.05, 3.63) is 63.8 Å².